The van der Waals surface area contributed by atoms with Gasteiger partial charge in [-0.05, 0) is 61.1 Å². The van der Waals surface area contributed by atoms with Crippen molar-refractivity contribution in [1.82, 2.24) is 0 Å². The second kappa shape index (κ2) is 18.1. The Kier molecular flexibility index (Phi) is 17.0. The summed E-state index contributed by atoms with van der Waals surface area (Å²) in [6.45, 7) is 11.2. The third-order valence-electron chi connectivity index (χ3n) is 4.89. The standard InChI is InChI=1S/C25H43S3/c1-5-8-11-14-17-26-23-21-25(28-19-16-13-10-7-3)24(20-22(23)4)27-18-15-12-9-6-2/h20-21H,4-19H2,1-3H3. The Labute approximate surface area is 189 Å². The average molecular weight is 440 g/mol. The van der Waals surface area contributed by atoms with Crippen LogP contribution in [-0.2, 0) is 0 Å². The van der Waals surface area contributed by atoms with Gasteiger partial charge in [0, 0.05) is 14.7 Å². The zero-order valence-corrected chi connectivity index (χ0v) is 21.1. The second-order valence-electron chi connectivity index (χ2n) is 7.63. The average Bonchev–Trinajstić information content (AvgIpc) is 2.69. The molecule has 1 aromatic carbocycles. The molecule has 0 unspecified atom stereocenters. The zero-order valence-electron chi connectivity index (χ0n) is 18.7. The highest BCUT2D eigenvalue weighted by Crippen LogP contribution is 2.37. The molecule has 0 heterocycles. The molecule has 0 aromatic heterocycles. The van der Waals surface area contributed by atoms with Gasteiger partial charge in [-0.15, -0.1) is 35.3 Å². The summed E-state index contributed by atoms with van der Waals surface area (Å²) in [7, 11) is 0. The molecule has 0 aliphatic rings. The van der Waals surface area contributed by atoms with Gasteiger partial charge >= 0.3 is 0 Å². The van der Waals surface area contributed by atoms with Gasteiger partial charge in [-0.3, -0.25) is 0 Å². The minimum Gasteiger partial charge on any atom is -0.126 e. The summed E-state index contributed by atoms with van der Waals surface area (Å²) in [5.74, 6) is 3.72. The van der Waals surface area contributed by atoms with Gasteiger partial charge in [0.05, 0.1) is 0 Å². The lowest BCUT2D eigenvalue weighted by Crippen LogP contribution is -1.91. The van der Waals surface area contributed by atoms with Crippen molar-refractivity contribution < 1.29 is 0 Å². The summed E-state index contributed by atoms with van der Waals surface area (Å²) in [6.07, 6.45) is 16.1. The SMILES string of the molecule is [CH2]c1cc(SCCCCCC)c(SCCCCCC)cc1SCCCCCC. The van der Waals surface area contributed by atoms with Crippen molar-refractivity contribution in [2.24, 2.45) is 0 Å². The van der Waals surface area contributed by atoms with Crippen molar-refractivity contribution in [3.8, 4) is 0 Å². The quantitative estimate of drug-likeness (QED) is 0.165. The van der Waals surface area contributed by atoms with Gasteiger partial charge in [-0.25, -0.2) is 0 Å². The van der Waals surface area contributed by atoms with Crippen molar-refractivity contribution in [2.75, 3.05) is 17.3 Å². The Bertz CT molecular complexity index is 499. The normalized spacial score (nSPS) is 11.3. The fourth-order valence-corrected chi connectivity index (χ4v) is 6.48. The van der Waals surface area contributed by atoms with Gasteiger partial charge in [0.15, 0.2) is 0 Å². The molecule has 28 heavy (non-hydrogen) atoms. The number of benzene rings is 1. The van der Waals surface area contributed by atoms with Crippen LogP contribution in [0.3, 0.4) is 0 Å². The van der Waals surface area contributed by atoms with Crippen molar-refractivity contribution >= 4 is 35.3 Å². The molecule has 0 aliphatic heterocycles. The van der Waals surface area contributed by atoms with E-state index in [1.807, 2.05) is 11.8 Å². The topological polar surface area (TPSA) is 0 Å². The summed E-state index contributed by atoms with van der Waals surface area (Å²) in [6, 6.07) is 4.82. The Morgan fingerprint density at radius 2 is 0.929 bits per heavy atom. The first-order valence-corrected chi connectivity index (χ1v) is 14.6. The van der Waals surface area contributed by atoms with Crippen LogP contribution in [0.25, 0.3) is 0 Å². The van der Waals surface area contributed by atoms with E-state index < -0.39 is 0 Å². The summed E-state index contributed by atoms with van der Waals surface area (Å²) >= 11 is 6.15. The molecule has 161 valence electrons. The third kappa shape index (κ3) is 12.1. The molecule has 0 bridgehead atoms. The number of hydrogen-bond donors (Lipinski definition) is 0. The lowest BCUT2D eigenvalue weighted by Gasteiger charge is -2.14. The molecule has 0 saturated carbocycles. The molecule has 0 aliphatic carbocycles. The predicted octanol–water partition coefficient (Wildman–Crippen LogP) is 9.89. The van der Waals surface area contributed by atoms with Gasteiger partial charge in [-0.1, -0.05) is 78.6 Å². The molecule has 3 heteroatoms. The van der Waals surface area contributed by atoms with Crippen LogP contribution in [0, 0.1) is 6.92 Å². The van der Waals surface area contributed by atoms with E-state index in [9.17, 15) is 0 Å². The summed E-state index contributed by atoms with van der Waals surface area (Å²) in [5, 5.41) is 0. The van der Waals surface area contributed by atoms with Crippen LogP contribution < -0.4 is 0 Å². The molecule has 1 radical (unpaired) electrons. The van der Waals surface area contributed by atoms with Gasteiger partial charge in [0.25, 0.3) is 0 Å². The zero-order chi connectivity index (χ0) is 20.5. The summed E-state index contributed by atoms with van der Waals surface area (Å²) in [5.41, 5.74) is 1.23. The molecule has 0 amide bonds. The highest BCUT2D eigenvalue weighted by Gasteiger charge is 2.10. The minimum absolute atomic E-state index is 1.23. The largest absolute Gasteiger partial charge is 0.126 e. The molecular formula is C25H43S3. The first-order chi connectivity index (χ1) is 13.7. The minimum atomic E-state index is 1.23. The highest BCUT2D eigenvalue weighted by molar-refractivity contribution is 8.02. The molecule has 1 aromatic rings. The van der Waals surface area contributed by atoms with Crippen LogP contribution in [0.1, 0.15) is 103 Å². The Morgan fingerprint density at radius 1 is 0.536 bits per heavy atom. The van der Waals surface area contributed by atoms with Crippen LogP contribution in [0.15, 0.2) is 26.8 Å². The maximum atomic E-state index is 4.37. The highest BCUT2D eigenvalue weighted by atomic mass is 32.2. The molecule has 0 fully saturated rings. The van der Waals surface area contributed by atoms with Gasteiger partial charge in [0.1, 0.15) is 0 Å². The first kappa shape index (κ1) is 26.3. The van der Waals surface area contributed by atoms with Crippen molar-refractivity contribution in [3.63, 3.8) is 0 Å². The van der Waals surface area contributed by atoms with Gasteiger partial charge in [0.2, 0.25) is 0 Å². The Balaban J connectivity index is 2.65. The molecule has 0 atom stereocenters. The summed E-state index contributed by atoms with van der Waals surface area (Å²) in [4.78, 5) is 4.38. The van der Waals surface area contributed by atoms with Crippen LogP contribution in [0.4, 0.5) is 0 Å². The summed E-state index contributed by atoms with van der Waals surface area (Å²) < 4.78 is 0. The molecule has 0 spiro atoms. The van der Waals surface area contributed by atoms with E-state index in [1.54, 1.807) is 0 Å². The number of rotatable bonds is 18. The van der Waals surface area contributed by atoms with E-state index in [1.165, 1.54) is 115 Å². The Morgan fingerprint density at radius 3 is 1.36 bits per heavy atom. The molecule has 0 nitrogen and oxygen atoms in total. The van der Waals surface area contributed by atoms with Crippen LogP contribution >= 0.6 is 35.3 Å². The number of thioether (sulfide) groups is 3. The predicted molar refractivity (Wildman–Crippen MR) is 135 cm³/mol. The maximum Gasteiger partial charge on any atom is 0.0219 e. The fourth-order valence-electron chi connectivity index (χ4n) is 3.08. The van der Waals surface area contributed by atoms with E-state index in [-0.39, 0.29) is 0 Å². The van der Waals surface area contributed by atoms with Gasteiger partial charge < -0.3 is 0 Å². The third-order valence-corrected chi connectivity index (χ3v) is 8.49. The van der Waals surface area contributed by atoms with Crippen LogP contribution in [0.2, 0.25) is 0 Å². The van der Waals surface area contributed by atoms with Crippen molar-refractivity contribution in [1.29, 1.82) is 0 Å². The lowest BCUT2D eigenvalue weighted by atomic mass is 10.2. The molecular weight excluding hydrogens is 396 g/mol. The lowest BCUT2D eigenvalue weighted by molar-refractivity contribution is 0.706. The Hall–Kier alpha value is 0.270. The first-order valence-electron chi connectivity index (χ1n) is 11.6. The second-order valence-corrected chi connectivity index (χ2v) is 11.0. The van der Waals surface area contributed by atoms with Crippen LogP contribution in [-0.4, -0.2) is 17.3 Å². The van der Waals surface area contributed by atoms with Crippen molar-refractivity contribution in [2.45, 2.75) is 113 Å². The van der Waals surface area contributed by atoms with Crippen molar-refractivity contribution in [3.05, 3.63) is 24.6 Å². The number of hydrogen-bond acceptors (Lipinski definition) is 3. The van der Waals surface area contributed by atoms with Gasteiger partial charge in [-0.2, -0.15) is 0 Å². The monoisotopic (exact) mass is 439 g/mol. The smallest absolute Gasteiger partial charge is 0.0219 e. The molecule has 1 rings (SSSR count). The maximum absolute atomic E-state index is 4.37. The number of unbranched alkanes of at least 4 members (excludes halogenated alkanes) is 9. The molecule has 0 saturated heterocycles. The van der Waals surface area contributed by atoms with E-state index >= 15 is 0 Å². The van der Waals surface area contributed by atoms with E-state index in [0.29, 0.717) is 0 Å². The van der Waals surface area contributed by atoms with E-state index in [4.69, 9.17) is 0 Å². The fraction of sp³-hybridized carbons (Fsp3) is 0.720. The molecule has 0 N–H and O–H groups in total. The van der Waals surface area contributed by atoms with E-state index in [0.717, 1.165) is 0 Å². The van der Waals surface area contributed by atoms with Crippen LogP contribution in [0.5, 0.6) is 0 Å². The van der Waals surface area contributed by atoms with E-state index in [2.05, 4.69) is 63.4 Å².